The van der Waals surface area contributed by atoms with Crippen LogP contribution >= 0.6 is 0 Å². The van der Waals surface area contributed by atoms with Crippen molar-refractivity contribution in [2.24, 2.45) is 5.92 Å². The molecule has 1 atom stereocenters. The van der Waals surface area contributed by atoms with Crippen LogP contribution in [0.2, 0.25) is 0 Å². The molecule has 2 heterocycles. The molecule has 1 N–H and O–H groups in total. The van der Waals surface area contributed by atoms with E-state index in [4.69, 9.17) is 0 Å². The topological polar surface area (TPSA) is 69.7 Å². The number of carbonyl (C=O) groups is 1. The van der Waals surface area contributed by atoms with E-state index >= 15 is 0 Å². The largest absolute Gasteiger partial charge is 0.336 e. The summed E-state index contributed by atoms with van der Waals surface area (Å²) in [6.45, 7) is 2.98. The van der Waals surface area contributed by atoms with Gasteiger partial charge in [-0.25, -0.2) is 8.42 Å². The highest BCUT2D eigenvalue weighted by atomic mass is 32.2. The van der Waals surface area contributed by atoms with Crippen LogP contribution in [0.5, 0.6) is 0 Å². The summed E-state index contributed by atoms with van der Waals surface area (Å²) in [5.41, 5.74) is 0. The van der Waals surface area contributed by atoms with E-state index in [1.807, 2.05) is 4.90 Å². The monoisotopic (exact) mass is 329 g/mol. The van der Waals surface area contributed by atoms with Gasteiger partial charge >= 0.3 is 0 Å². The molecule has 0 aromatic heterocycles. The molecule has 3 rings (SSSR count). The van der Waals surface area contributed by atoms with Crippen molar-refractivity contribution in [3.63, 3.8) is 0 Å². The fraction of sp³-hybridized carbons (Fsp3) is 0.933. The van der Waals surface area contributed by atoms with Gasteiger partial charge in [0.1, 0.15) is 0 Å². The molecule has 7 heteroatoms. The smallest absolute Gasteiger partial charge is 0.236 e. The first kappa shape index (κ1) is 16.2. The molecule has 1 aliphatic carbocycles. The molecule has 2 saturated heterocycles. The predicted molar refractivity (Wildman–Crippen MR) is 84.9 cm³/mol. The Morgan fingerprint density at radius 1 is 1.09 bits per heavy atom. The lowest BCUT2D eigenvalue weighted by molar-refractivity contribution is -0.135. The molecule has 1 amide bonds. The Hall–Kier alpha value is -0.660. The summed E-state index contributed by atoms with van der Waals surface area (Å²) in [5, 5.41) is 3.07. The average Bonchev–Trinajstić information content (AvgIpc) is 3.00. The van der Waals surface area contributed by atoms with Crippen molar-refractivity contribution in [2.75, 3.05) is 38.5 Å². The maximum absolute atomic E-state index is 12.7. The summed E-state index contributed by atoms with van der Waals surface area (Å²) in [5.74, 6) is 0.743. The Bertz CT molecular complexity index is 502. The second-order valence-corrected chi connectivity index (χ2v) is 8.86. The number of hydrogen-bond acceptors (Lipinski definition) is 4. The second kappa shape index (κ2) is 6.84. The van der Waals surface area contributed by atoms with E-state index in [1.165, 1.54) is 0 Å². The highest BCUT2D eigenvalue weighted by molar-refractivity contribution is 7.89. The fourth-order valence-electron chi connectivity index (χ4n) is 4.02. The summed E-state index contributed by atoms with van der Waals surface area (Å²) in [6.07, 6.45) is 6.20. The Morgan fingerprint density at radius 2 is 1.86 bits per heavy atom. The number of rotatable bonds is 4. The number of nitrogens with one attached hydrogen (secondary N) is 1. The average molecular weight is 329 g/mol. The zero-order valence-corrected chi connectivity index (χ0v) is 14.0. The van der Waals surface area contributed by atoms with E-state index < -0.39 is 10.0 Å². The molecule has 0 radical (unpaired) electrons. The lowest BCUT2D eigenvalue weighted by Crippen LogP contribution is -2.57. The molecule has 126 valence electrons. The van der Waals surface area contributed by atoms with Gasteiger partial charge in [-0.2, -0.15) is 4.31 Å². The van der Waals surface area contributed by atoms with Crippen LogP contribution in [0.25, 0.3) is 0 Å². The van der Waals surface area contributed by atoms with Crippen molar-refractivity contribution in [3.8, 4) is 0 Å². The molecule has 2 aliphatic heterocycles. The van der Waals surface area contributed by atoms with E-state index in [1.54, 1.807) is 4.31 Å². The molecule has 1 saturated carbocycles. The first-order chi connectivity index (χ1) is 10.6. The normalized spacial score (nSPS) is 29.2. The van der Waals surface area contributed by atoms with Gasteiger partial charge in [-0.15, -0.1) is 0 Å². The number of sulfonamides is 1. The standard InChI is InChI=1S/C15H27N3O3S/c19-15-10-16-7-9-18(15)14-6-3-8-17(11-14)22(20,21)12-13-4-1-2-5-13/h13-14,16H,1-12H2. The Kier molecular flexibility index (Phi) is 5.04. The summed E-state index contributed by atoms with van der Waals surface area (Å²) in [7, 11) is -3.18. The molecule has 0 bridgehead atoms. The van der Waals surface area contributed by atoms with Crippen molar-refractivity contribution in [1.29, 1.82) is 0 Å². The van der Waals surface area contributed by atoms with E-state index in [0.29, 0.717) is 37.8 Å². The van der Waals surface area contributed by atoms with Gasteiger partial charge in [0.2, 0.25) is 15.9 Å². The third-order valence-corrected chi connectivity index (χ3v) is 7.25. The van der Waals surface area contributed by atoms with Crippen LogP contribution < -0.4 is 5.32 Å². The minimum absolute atomic E-state index is 0.0571. The van der Waals surface area contributed by atoms with Crippen LogP contribution in [0.15, 0.2) is 0 Å². The molecule has 6 nitrogen and oxygen atoms in total. The van der Waals surface area contributed by atoms with Crippen molar-refractivity contribution >= 4 is 15.9 Å². The molecular formula is C15H27N3O3S. The maximum Gasteiger partial charge on any atom is 0.236 e. The van der Waals surface area contributed by atoms with Crippen molar-refractivity contribution < 1.29 is 13.2 Å². The number of nitrogens with zero attached hydrogens (tertiary/aromatic N) is 2. The Balaban J connectivity index is 1.62. The summed E-state index contributed by atoms with van der Waals surface area (Å²) < 4.78 is 27.0. The molecule has 0 aromatic rings. The van der Waals surface area contributed by atoms with Gasteiger partial charge in [0.25, 0.3) is 0 Å². The molecule has 22 heavy (non-hydrogen) atoms. The molecule has 1 unspecified atom stereocenters. The van der Waals surface area contributed by atoms with Gasteiger partial charge in [0, 0.05) is 32.2 Å². The fourth-order valence-corrected chi connectivity index (χ4v) is 5.96. The van der Waals surface area contributed by atoms with Crippen molar-refractivity contribution in [2.45, 2.75) is 44.6 Å². The third-order valence-electron chi connectivity index (χ3n) is 5.24. The highest BCUT2D eigenvalue weighted by Crippen LogP contribution is 2.28. The van der Waals surface area contributed by atoms with Gasteiger partial charge in [0.05, 0.1) is 12.3 Å². The summed E-state index contributed by atoms with van der Waals surface area (Å²) in [6, 6.07) is 0.0571. The lowest BCUT2D eigenvalue weighted by Gasteiger charge is -2.40. The van der Waals surface area contributed by atoms with Gasteiger partial charge in [-0.05, 0) is 31.6 Å². The number of piperazine rings is 1. The number of piperidine rings is 1. The van der Waals surface area contributed by atoms with Crippen molar-refractivity contribution in [3.05, 3.63) is 0 Å². The Morgan fingerprint density at radius 3 is 2.59 bits per heavy atom. The van der Waals surface area contributed by atoms with Crippen LogP contribution in [-0.2, 0) is 14.8 Å². The zero-order valence-electron chi connectivity index (χ0n) is 13.2. The van der Waals surface area contributed by atoms with Crippen LogP contribution in [0.3, 0.4) is 0 Å². The van der Waals surface area contributed by atoms with E-state index in [2.05, 4.69) is 5.32 Å². The SMILES string of the molecule is O=C1CNCCN1C1CCCN(S(=O)(=O)CC2CCCC2)C1. The van der Waals surface area contributed by atoms with Crippen molar-refractivity contribution in [1.82, 2.24) is 14.5 Å². The van der Waals surface area contributed by atoms with Crippen LogP contribution in [0.1, 0.15) is 38.5 Å². The van der Waals surface area contributed by atoms with Crippen LogP contribution in [0.4, 0.5) is 0 Å². The minimum Gasteiger partial charge on any atom is -0.336 e. The molecule has 3 fully saturated rings. The lowest BCUT2D eigenvalue weighted by atomic mass is 10.1. The Labute approximate surface area is 133 Å². The second-order valence-electron chi connectivity index (χ2n) is 6.85. The first-order valence-electron chi connectivity index (χ1n) is 8.54. The molecular weight excluding hydrogens is 302 g/mol. The summed E-state index contributed by atoms with van der Waals surface area (Å²) in [4.78, 5) is 13.9. The molecule has 3 aliphatic rings. The predicted octanol–water partition coefficient (Wildman–Crippen LogP) is 0.403. The highest BCUT2D eigenvalue weighted by Gasteiger charge is 2.35. The van der Waals surface area contributed by atoms with Gasteiger partial charge < -0.3 is 10.2 Å². The zero-order chi connectivity index (χ0) is 15.6. The van der Waals surface area contributed by atoms with E-state index in [-0.39, 0.29) is 11.9 Å². The van der Waals surface area contributed by atoms with Crippen LogP contribution in [-0.4, -0.2) is 68.0 Å². The molecule has 0 aromatic carbocycles. The quantitative estimate of drug-likeness (QED) is 0.811. The summed E-state index contributed by atoms with van der Waals surface area (Å²) >= 11 is 0. The third kappa shape index (κ3) is 3.63. The van der Waals surface area contributed by atoms with E-state index in [0.717, 1.165) is 45.1 Å². The number of hydrogen-bond donors (Lipinski definition) is 1. The molecule has 0 spiro atoms. The van der Waals surface area contributed by atoms with E-state index in [9.17, 15) is 13.2 Å². The first-order valence-corrected chi connectivity index (χ1v) is 10.2. The number of amides is 1. The van der Waals surface area contributed by atoms with Crippen LogP contribution in [0, 0.1) is 5.92 Å². The van der Waals surface area contributed by atoms with Gasteiger partial charge in [0.15, 0.2) is 0 Å². The van der Waals surface area contributed by atoms with Gasteiger partial charge in [-0.3, -0.25) is 4.79 Å². The maximum atomic E-state index is 12.7. The van der Waals surface area contributed by atoms with Gasteiger partial charge in [-0.1, -0.05) is 12.8 Å². The minimum atomic E-state index is -3.18. The number of carbonyl (C=O) groups excluding carboxylic acids is 1.